The molecule has 0 saturated carbocycles. The predicted molar refractivity (Wildman–Crippen MR) is 62.9 cm³/mol. The van der Waals surface area contributed by atoms with Crippen LogP contribution in [-0.4, -0.2) is 25.6 Å². The number of hydrogen-bond donors (Lipinski definition) is 2. The fourth-order valence-corrected chi connectivity index (χ4v) is 1.36. The van der Waals surface area contributed by atoms with E-state index in [2.05, 4.69) is 5.32 Å². The van der Waals surface area contributed by atoms with Crippen molar-refractivity contribution in [1.29, 1.82) is 0 Å². The van der Waals surface area contributed by atoms with E-state index >= 15 is 0 Å². The van der Waals surface area contributed by atoms with Gasteiger partial charge in [-0.15, -0.1) is 0 Å². The normalized spacial score (nSPS) is 14.2. The van der Waals surface area contributed by atoms with E-state index < -0.39 is 6.04 Å². The lowest BCUT2D eigenvalue weighted by Gasteiger charge is -2.17. The molecule has 0 aliphatic carbocycles. The summed E-state index contributed by atoms with van der Waals surface area (Å²) >= 11 is 0. The number of rotatable bonds is 5. The van der Waals surface area contributed by atoms with E-state index in [1.54, 1.807) is 14.0 Å². The summed E-state index contributed by atoms with van der Waals surface area (Å²) in [4.78, 5) is 11.3. The van der Waals surface area contributed by atoms with Gasteiger partial charge in [-0.2, -0.15) is 0 Å². The summed E-state index contributed by atoms with van der Waals surface area (Å²) < 4.78 is 5.31. The van der Waals surface area contributed by atoms with E-state index in [0.717, 1.165) is 5.56 Å². The highest BCUT2D eigenvalue weighted by molar-refractivity contribution is 5.80. The van der Waals surface area contributed by atoms with Crippen LogP contribution in [0.25, 0.3) is 0 Å². The highest BCUT2D eigenvalue weighted by Crippen LogP contribution is 2.14. The average Bonchev–Trinajstić information content (AvgIpc) is 2.30. The van der Waals surface area contributed by atoms with Gasteiger partial charge in [0.2, 0.25) is 5.91 Å². The Balaban J connectivity index is 2.54. The van der Waals surface area contributed by atoms with Crippen LogP contribution in [0.3, 0.4) is 0 Å². The predicted octanol–water partition coefficient (Wildman–Crippen LogP) is 0.838. The van der Waals surface area contributed by atoms with E-state index in [-0.39, 0.29) is 12.0 Å². The molecule has 0 saturated heterocycles. The molecule has 4 nitrogen and oxygen atoms in total. The zero-order chi connectivity index (χ0) is 12.0. The minimum Gasteiger partial charge on any atom is -0.375 e. The van der Waals surface area contributed by atoms with Gasteiger partial charge < -0.3 is 15.8 Å². The second-order valence-corrected chi connectivity index (χ2v) is 3.67. The Morgan fingerprint density at radius 1 is 1.44 bits per heavy atom. The number of carbonyl (C=O) groups excluding carboxylic acids is 1. The van der Waals surface area contributed by atoms with Crippen molar-refractivity contribution >= 4 is 5.91 Å². The number of methoxy groups -OCH3 is 1. The minimum atomic E-state index is -0.492. The SMILES string of the molecule is COC(CNC(=O)[C@H](C)N)c1ccccc1. The van der Waals surface area contributed by atoms with Crippen LogP contribution in [0.4, 0.5) is 0 Å². The molecule has 1 rings (SSSR count). The zero-order valence-electron chi connectivity index (χ0n) is 9.64. The third-order valence-corrected chi connectivity index (χ3v) is 2.33. The third-order valence-electron chi connectivity index (χ3n) is 2.33. The maximum absolute atomic E-state index is 11.3. The molecule has 0 aliphatic heterocycles. The second-order valence-electron chi connectivity index (χ2n) is 3.67. The van der Waals surface area contributed by atoms with Crippen LogP contribution in [0.15, 0.2) is 30.3 Å². The summed E-state index contributed by atoms with van der Waals surface area (Å²) in [6.45, 7) is 2.08. The van der Waals surface area contributed by atoms with Crippen molar-refractivity contribution in [3.05, 3.63) is 35.9 Å². The molecule has 0 aliphatic rings. The highest BCUT2D eigenvalue weighted by Gasteiger charge is 2.13. The van der Waals surface area contributed by atoms with Gasteiger partial charge in [-0.05, 0) is 12.5 Å². The van der Waals surface area contributed by atoms with Crippen LogP contribution >= 0.6 is 0 Å². The van der Waals surface area contributed by atoms with E-state index in [9.17, 15) is 4.79 Å². The van der Waals surface area contributed by atoms with Gasteiger partial charge in [-0.1, -0.05) is 30.3 Å². The van der Waals surface area contributed by atoms with Crippen molar-refractivity contribution in [3.8, 4) is 0 Å². The lowest BCUT2D eigenvalue weighted by Crippen LogP contribution is -2.40. The Bertz CT molecular complexity index is 325. The number of hydrogen-bond acceptors (Lipinski definition) is 3. The fraction of sp³-hybridized carbons (Fsp3) is 0.417. The Morgan fingerprint density at radius 3 is 2.56 bits per heavy atom. The van der Waals surface area contributed by atoms with Crippen LogP contribution in [0.1, 0.15) is 18.6 Å². The lowest BCUT2D eigenvalue weighted by atomic mass is 10.1. The van der Waals surface area contributed by atoms with Gasteiger partial charge in [0.15, 0.2) is 0 Å². The Hall–Kier alpha value is -1.39. The smallest absolute Gasteiger partial charge is 0.236 e. The first-order valence-corrected chi connectivity index (χ1v) is 5.26. The Labute approximate surface area is 95.8 Å². The molecule has 1 aromatic rings. The third kappa shape index (κ3) is 3.64. The number of nitrogens with two attached hydrogens (primary N) is 1. The largest absolute Gasteiger partial charge is 0.375 e. The molecule has 0 radical (unpaired) electrons. The molecule has 1 aromatic carbocycles. The molecule has 0 fully saturated rings. The van der Waals surface area contributed by atoms with Crippen molar-refractivity contribution < 1.29 is 9.53 Å². The molecule has 16 heavy (non-hydrogen) atoms. The van der Waals surface area contributed by atoms with Gasteiger partial charge in [-0.25, -0.2) is 0 Å². The number of benzene rings is 1. The first kappa shape index (κ1) is 12.7. The van der Waals surface area contributed by atoms with E-state index in [1.807, 2.05) is 30.3 Å². The number of ether oxygens (including phenoxy) is 1. The van der Waals surface area contributed by atoms with Crippen molar-refractivity contribution in [2.75, 3.05) is 13.7 Å². The quantitative estimate of drug-likeness (QED) is 0.776. The molecule has 2 atom stereocenters. The molecule has 0 aromatic heterocycles. The molecule has 88 valence electrons. The molecule has 1 amide bonds. The van der Waals surface area contributed by atoms with Crippen LogP contribution in [0.5, 0.6) is 0 Å². The fourth-order valence-electron chi connectivity index (χ4n) is 1.36. The van der Waals surface area contributed by atoms with E-state index in [4.69, 9.17) is 10.5 Å². The molecular weight excluding hydrogens is 204 g/mol. The topological polar surface area (TPSA) is 64.3 Å². The summed E-state index contributed by atoms with van der Waals surface area (Å²) in [5.41, 5.74) is 6.49. The van der Waals surface area contributed by atoms with E-state index in [1.165, 1.54) is 0 Å². The maximum atomic E-state index is 11.3. The molecule has 1 unspecified atom stereocenters. The van der Waals surface area contributed by atoms with Crippen molar-refractivity contribution in [2.45, 2.75) is 19.1 Å². The summed E-state index contributed by atoms with van der Waals surface area (Å²) in [7, 11) is 1.62. The van der Waals surface area contributed by atoms with Crippen LogP contribution in [0, 0.1) is 0 Å². The summed E-state index contributed by atoms with van der Waals surface area (Å²) in [5, 5.41) is 2.74. The number of amides is 1. The van der Waals surface area contributed by atoms with Gasteiger partial charge in [0.05, 0.1) is 12.1 Å². The van der Waals surface area contributed by atoms with Gasteiger partial charge in [-0.3, -0.25) is 4.79 Å². The Morgan fingerprint density at radius 2 is 2.06 bits per heavy atom. The van der Waals surface area contributed by atoms with Gasteiger partial charge in [0.1, 0.15) is 0 Å². The van der Waals surface area contributed by atoms with Gasteiger partial charge in [0, 0.05) is 13.7 Å². The zero-order valence-corrected chi connectivity index (χ0v) is 9.64. The molecule has 0 heterocycles. The molecule has 4 heteroatoms. The van der Waals surface area contributed by atoms with Crippen molar-refractivity contribution in [2.24, 2.45) is 5.73 Å². The summed E-state index contributed by atoms with van der Waals surface area (Å²) in [6, 6.07) is 9.26. The summed E-state index contributed by atoms with van der Waals surface area (Å²) in [5.74, 6) is -0.169. The van der Waals surface area contributed by atoms with Crippen molar-refractivity contribution in [3.63, 3.8) is 0 Å². The van der Waals surface area contributed by atoms with Crippen LogP contribution < -0.4 is 11.1 Å². The average molecular weight is 222 g/mol. The van der Waals surface area contributed by atoms with Gasteiger partial charge >= 0.3 is 0 Å². The highest BCUT2D eigenvalue weighted by atomic mass is 16.5. The summed E-state index contributed by atoms with van der Waals surface area (Å²) in [6.07, 6.45) is -0.135. The van der Waals surface area contributed by atoms with Gasteiger partial charge in [0.25, 0.3) is 0 Å². The molecule has 3 N–H and O–H groups in total. The standard InChI is InChI=1S/C12H18N2O2/c1-9(13)12(15)14-8-11(16-2)10-6-4-3-5-7-10/h3-7,9,11H,8,13H2,1-2H3,(H,14,15)/t9-,11?/m0/s1. The monoisotopic (exact) mass is 222 g/mol. The first-order chi connectivity index (χ1) is 7.65. The van der Waals surface area contributed by atoms with Crippen molar-refractivity contribution in [1.82, 2.24) is 5.32 Å². The number of nitrogens with one attached hydrogen (secondary N) is 1. The Kier molecular flexibility index (Phi) is 4.95. The molecule has 0 bridgehead atoms. The molecular formula is C12H18N2O2. The second kappa shape index (κ2) is 6.25. The van der Waals surface area contributed by atoms with E-state index in [0.29, 0.717) is 6.54 Å². The first-order valence-electron chi connectivity index (χ1n) is 5.26. The molecule has 0 spiro atoms. The lowest BCUT2D eigenvalue weighted by molar-refractivity contribution is -0.122. The van der Waals surface area contributed by atoms with Crippen LogP contribution in [-0.2, 0) is 9.53 Å². The maximum Gasteiger partial charge on any atom is 0.236 e. The minimum absolute atomic E-state index is 0.135. The van der Waals surface area contributed by atoms with Crippen LogP contribution in [0.2, 0.25) is 0 Å². The number of carbonyl (C=O) groups is 1.